The number of rotatable bonds is 4. The third-order valence-corrected chi connectivity index (χ3v) is 4.89. The molecule has 0 aliphatic heterocycles. The van der Waals surface area contributed by atoms with E-state index in [1.165, 1.54) is 11.3 Å². The highest BCUT2D eigenvalue weighted by Crippen LogP contribution is 2.26. The summed E-state index contributed by atoms with van der Waals surface area (Å²) in [5, 5.41) is 10.4. The Bertz CT molecular complexity index is 895. The summed E-state index contributed by atoms with van der Waals surface area (Å²) in [6, 6.07) is 17.8. The zero-order chi connectivity index (χ0) is 16.2. The molecular weight excluding hydrogens is 324 g/mol. The maximum atomic E-state index is 10.4. The van der Waals surface area contributed by atoms with Crippen molar-refractivity contribution in [2.45, 2.75) is 13.5 Å². The van der Waals surface area contributed by atoms with E-state index in [0.29, 0.717) is 15.4 Å². The first kappa shape index (κ1) is 15.6. The first-order valence-electron chi connectivity index (χ1n) is 7.21. The van der Waals surface area contributed by atoms with Crippen LogP contribution in [-0.2, 0) is 6.54 Å². The molecular formula is C18H16N2OS2. The SMILES string of the molecule is Cc1ccccc1N=Cc1sc(=S)n(Cc2ccccc2)c1O. The molecule has 23 heavy (non-hydrogen) atoms. The number of thiazole rings is 1. The van der Waals surface area contributed by atoms with Crippen molar-refractivity contribution in [1.82, 2.24) is 4.57 Å². The molecule has 0 unspecified atom stereocenters. The Hall–Kier alpha value is -2.24. The van der Waals surface area contributed by atoms with Crippen LogP contribution in [0.3, 0.4) is 0 Å². The second-order valence-corrected chi connectivity index (χ2v) is 6.85. The fraction of sp³-hybridized carbons (Fsp3) is 0.111. The van der Waals surface area contributed by atoms with Crippen LogP contribution in [0.2, 0.25) is 0 Å². The second kappa shape index (κ2) is 6.89. The molecule has 116 valence electrons. The topological polar surface area (TPSA) is 37.5 Å². The van der Waals surface area contributed by atoms with Crippen molar-refractivity contribution in [2.24, 2.45) is 4.99 Å². The highest BCUT2D eigenvalue weighted by Gasteiger charge is 2.10. The Balaban J connectivity index is 1.89. The van der Waals surface area contributed by atoms with Crippen LogP contribution in [-0.4, -0.2) is 15.9 Å². The van der Waals surface area contributed by atoms with Gasteiger partial charge in [0.15, 0.2) is 3.95 Å². The van der Waals surface area contributed by atoms with Crippen LogP contribution in [0.15, 0.2) is 59.6 Å². The van der Waals surface area contributed by atoms with E-state index in [9.17, 15) is 5.11 Å². The zero-order valence-corrected chi connectivity index (χ0v) is 14.3. The normalized spacial score (nSPS) is 11.2. The smallest absolute Gasteiger partial charge is 0.212 e. The molecule has 0 spiro atoms. The third kappa shape index (κ3) is 3.57. The number of para-hydroxylation sites is 1. The maximum Gasteiger partial charge on any atom is 0.212 e. The van der Waals surface area contributed by atoms with Gasteiger partial charge in [0.25, 0.3) is 0 Å². The van der Waals surface area contributed by atoms with Crippen molar-refractivity contribution in [3.8, 4) is 5.88 Å². The van der Waals surface area contributed by atoms with Crippen LogP contribution in [0.25, 0.3) is 0 Å². The van der Waals surface area contributed by atoms with Crippen LogP contribution < -0.4 is 0 Å². The molecule has 2 aromatic carbocycles. The van der Waals surface area contributed by atoms with Crippen LogP contribution in [0.1, 0.15) is 16.0 Å². The predicted molar refractivity (Wildman–Crippen MR) is 98.8 cm³/mol. The summed E-state index contributed by atoms with van der Waals surface area (Å²) >= 11 is 6.74. The van der Waals surface area contributed by atoms with Gasteiger partial charge in [-0.15, -0.1) is 0 Å². The summed E-state index contributed by atoms with van der Waals surface area (Å²) in [7, 11) is 0. The summed E-state index contributed by atoms with van der Waals surface area (Å²) in [4.78, 5) is 5.14. The minimum Gasteiger partial charge on any atom is -0.493 e. The van der Waals surface area contributed by atoms with E-state index in [1.54, 1.807) is 10.8 Å². The van der Waals surface area contributed by atoms with Gasteiger partial charge in [-0.05, 0) is 36.3 Å². The van der Waals surface area contributed by atoms with Gasteiger partial charge >= 0.3 is 0 Å². The van der Waals surface area contributed by atoms with Gasteiger partial charge in [0, 0.05) is 0 Å². The van der Waals surface area contributed by atoms with Gasteiger partial charge in [-0.1, -0.05) is 59.9 Å². The molecule has 0 radical (unpaired) electrons. The van der Waals surface area contributed by atoms with E-state index in [4.69, 9.17) is 12.2 Å². The van der Waals surface area contributed by atoms with Crippen LogP contribution in [0.4, 0.5) is 5.69 Å². The number of hydrogen-bond donors (Lipinski definition) is 1. The molecule has 0 saturated heterocycles. The number of benzene rings is 2. The van der Waals surface area contributed by atoms with Gasteiger partial charge in [-0.25, -0.2) is 0 Å². The minimum atomic E-state index is 0.168. The lowest BCUT2D eigenvalue weighted by atomic mass is 10.2. The largest absolute Gasteiger partial charge is 0.493 e. The molecule has 0 atom stereocenters. The Kier molecular flexibility index (Phi) is 4.69. The molecule has 3 aromatic rings. The first-order valence-corrected chi connectivity index (χ1v) is 8.44. The Morgan fingerprint density at radius 3 is 2.57 bits per heavy atom. The molecule has 0 aliphatic carbocycles. The average molecular weight is 340 g/mol. The molecule has 5 heteroatoms. The van der Waals surface area contributed by atoms with Gasteiger partial charge in [0.1, 0.15) is 4.88 Å². The molecule has 0 fully saturated rings. The third-order valence-electron chi connectivity index (χ3n) is 3.51. The van der Waals surface area contributed by atoms with Crippen LogP contribution in [0.5, 0.6) is 5.88 Å². The molecule has 1 aromatic heterocycles. The molecule has 1 N–H and O–H groups in total. The van der Waals surface area contributed by atoms with Crippen molar-refractivity contribution in [3.63, 3.8) is 0 Å². The van der Waals surface area contributed by atoms with E-state index in [0.717, 1.165) is 16.8 Å². The summed E-state index contributed by atoms with van der Waals surface area (Å²) < 4.78 is 2.37. The highest BCUT2D eigenvalue weighted by molar-refractivity contribution is 7.73. The van der Waals surface area contributed by atoms with Gasteiger partial charge in [-0.3, -0.25) is 9.56 Å². The van der Waals surface area contributed by atoms with Crippen molar-refractivity contribution >= 4 is 35.5 Å². The molecule has 0 saturated carbocycles. The number of hydrogen-bond acceptors (Lipinski definition) is 4. The molecule has 0 bridgehead atoms. The minimum absolute atomic E-state index is 0.168. The van der Waals surface area contributed by atoms with E-state index in [-0.39, 0.29) is 5.88 Å². The lowest BCUT2D eigenvalue weighted by Gasteiger charge is -2.04. The number of aromatic hydroxyl groups is 1. The number of nitrogens with zero attached hydrogens (tertiary/aromatic N) is 2. The highest BCUT2D eigenvalue weighted by atomic mass is 32.1. The van der Waals surface area contributed by atoms with E-state index in [2.05, 4.69) is 4.99 Å². The number of aliphatic imine (C=N–C) groups is 1. The fourth-order valence-corrected chi connectivity index (χ4v) is 3.42. The second-order valence-electron chi connectivity index (χ2n) is 5.17. The van der Waals surface area contributed by atoms with Crippen molar-refractivity contribution in [1.29, 1.82) is 0 Å². The summed E-state index contributed by atoms with van der Waals surface area (Å²) in [5.74, 6) is 0.168. The quantitative estimate of drug-likeness (QED) is 0.530. The summed E-state index contributed by atoms with van der Waals surface area (Å²) in [6.45, 7) is 2.56. The van der Waals surface area contributed by atoms with Crippen LogP contribution >= 0.6 is 23.6 Å². The number of aryl methyl sites for hydroxylation is 1. The van der Waals surface area contributed by atoms with Gasteiger partial charge in [0.2, 0.25) is 5.88 Å². The predicted octanol–water partition coefficient (Wildman–Crippen LogP) is 5.09. The zero-order valence-electron chi connectivity index (χ0n) is 12.6. The van der Waals surface area contributed by atoms with E-state index < -0.39 is 0 Å². The Morgan fingerprint density at radius 1 is 1.13 bits per heavy atom. The Labute approximate surface area is 144 Å². The van der Waals surface area contributed by atoms with Gasteiger partial charge in [-0.2, -0.15) is 0 Å². The Morgan fingerprint density at radius 2 is 1.83 bits per heavy atom. The summed E-state index contributed by atoms with van der Waals surface area (Å²) in [6.07, 6.45) is 1.68. The van der Waals surface area contributed by atoms with Crippen LogP contribution in [0, 0.1) is 10.9 Å². The van der Waals surface area contributed by atoms with E-state index in [1.807, 2.05) is 61.5 Å². The first-order chi connectivity index (χ1) is 11.1. The van der Waals surface area contributed by atoms with Gasteiger partial charge in [0.05, 0.1) is 18.4 Å². The monoisotopic (exact) mass is 340 g/mol. The average Bonchev–Trinajstić information content (AvgIpc) is 2.83. The lowest BCUT2D eigenvalue weighted by molar-refractivity contribution is 0.423. The maximum absolute atomic E-state index is 10.4. The van der Waals surface area contributed by atoms with Gasteiger partial charge < -0.3 is 5.11 Å². The standard InChI is InChI=1S/C18H16N2OS2/c1-13-7-5-6-10-15(13)19-11-16-17(21)20(18(22)23-16)12-14-8-3-2-4-9-14/h2-11,21H,12H2,1H3. The molecule has 0 aliphatic rings. The van der Waals surface area contributed by atoms with Crippen molar-refractivity contribution in [3.05, 3.63) is 74.6 Å². The summed E-state index contributed by atoms with van der Waals surface area (Å²) in [5.41, 5.74) is 3.08. The number of aromatic nitrogens is 1. The van der Waals surface area contributed by atoms with Crippen molar-refractivity contribution < 1.29 is 5.11 Å². The molecule has 3 nitrogen and oxygen atoms in total. The van der Waals surface area contributed by atoms with E-state index >= 15 is 0 Å². The molecule has 0 amide bonds. The fourth-order valence-electron chi connectivity index (χ4n) is 2.24. The molecule has 3 rings (SSSR count). The van der Waals surface area contributed by atoms with Crippen molar-refractivity contribution in [2.75, 3.05) is 0 Å². The molecule has 1 heterocycles. The lowest BCUT2D eigenvalue weighted by Crippen LogP contribution is -1.98.